The summed E-state index contributed by atoms with van der Waals surface area (Å²) in [6, 6.07) is 7.27. The minimum atomic E-state index is -0.325. The zero-order chi connectivity index (χ0) is 17.6. The molecule has 0 saturated carbocycles. The predicted molar refractivity (Wildman–Crippen MR) is 93.3 cm³/mol. The van der Waals surface area contributed by atoms with E-state index in [9.17, 15) is 9.59 Å². The minimum absolute atomic E-state index is 0.0140. The van der Waals surface area contributed by atoms with Crippen molar-refractivity contribution in [3.63, 3.8) is 0 Å². The van der Waals surface area contributed by atoms with Crippen LogP contribution in [0.4, 0.5) is 0 Å². The first-order chi connectivity index (χ1) is 12.1. The summed E-state index contributed by atoms with van der Waals surface area (Å²) >= 11 is 0. The lowest BCUT2D eigenvalue weighted by Crippen LogP contribution is -2.40. The second-order valence-electron chi connectivity index (χ2n) is 6.24. The molecule has 1 amide bonds. The van der Waals surface area contributed by atoms with Crippen LogP contribution in [0.15, 0.2) is 35.4 Å². The minimum Gasteiger partial charge on any atom is -0.337 e. The lowest BCUT2D eigenvalue weighted by Gasteiger charge is -2.26. The summed E-state index contributed by atoms with van der Waals surface area (Å²) in [7, 11) is 1.95. The monoisotopic (exact) mass is 337 g/mol. The average Bonchev–Trinajstić information content (AvgIpc) is 3.02. The van der Waals surface area contributed by atoms with Crippen LogP contribution in [-0.4, -0.2) is 36.7 Å². The Hall–Kier alpha value is -2.96. The molecule has 4 rings (SSSR count). The molecule has 1 aliphatic heterocycles. The number of nitrogens with zero attached hydrogens (tertiary/aromatic N) is 5. The topological polar surface area (TPSA) is 73.0 Å². The van der Waals surface area contributed by atoms with Crippen LogP contribution in [0.25, 0.3) is 10.9 Å². The van der Waals surface area contributed by atoms with E-state index in [0.29, 0.717) is 25.0 Å². The number of imidazole rings is 1. The van der Waals surface area contributed by atoms with Crippen LogP contribution in [0.2, 0.25) is 0 Å². The van der Waals surface area contributed by atoms with Crippen molar-refractivity contribution >= 4 is 16.8 Å². The Bertz CT molecular complexity index is 1030. The summed E-state index contributed by atoms with van der Waals surface area (Å²) in [6.45, 7) is 3.51. The molecule has 0 bridgehead atoms. The summed E-state index contributed by atoms with van der Waals surface area (Å²) in [5, 5.41) is 4.87. The zero-order valence-corrected chi connectivity index (χ0v) is 14.3. The molecule has 3 aromatic rings. The zero-order valence-electron chi connectivity index (χ0n) is 14.3. The van der Waals surface area contributed by atoms with Gasteiger partial charge in [-0.2, -0.15) is 5.10 Å². The smallest absolute Gasteiger partial charge is 0.278 e. The van der Waals surface area contributed by atoms with Crippen molar-refractivity contribution in [1.82, 2.24) is 24.2 Å². The highest BCUT2D eigenvalue weighted by molar-refractivity contribution is 5.95. The molecular formula is C18H19N5O2. The van der Waals surface area contributed by atoms with E-state index in [2.05, 4.69) is 10.1 Å². The molecule has 0 atom stereocenters. The highest BCUT2D eigenvalue weighted by atomic mass is 16.2. The number of aromatic nitrogens is 4. The Morgan fingerprint density at radius 3 is 2.88 bits per heavy atom. The van der Waals surface area contributed by atoms with E-state index in [0.717, 1.165) is 23.3 Å². The molecule has 2 aromatic heterocycles. The lowest BCUT2D eigenvalue weighted by atomic mass is 10.1. The maximum atomic E-state index is 13.0. The fourth-order valence-electron chi connectivity index (χ4n) is 3.40. The van der Waals surface area contributed by atoms with Crippen LogP contribution in [0.3, 0.4) is 0 Å². The van der Waals surface area contributed by atoms with Gasteiger partial charge in [0, 0.05) is 37.6 Å². The quantitative estimate of drug-likeness (QED) is 0.707. The Morgan fingerprint density at radius 1 is 1.28 bits per heavy atom. The van der Waals surface area contributed by atoms with Crippen LogP contribution in [0.1, 0.15) is 28.8 Å². The summed E-state index contributed by atoms with van der Waals surface area (Å²) in [4.78, 5) is 31.8. The maximum Gasteiger partial charge on any atom is 0.278 e. The molecule has 3 heterocycles. The largest absolute Gasteiger partial charge is 0.337 e. The van der Waals surface area contributed by atoms with Gasteiger partial charge in [0.25, 0.3) is 5.91 Å². The Morgan fingerprint density at radius 2 is 2.08 bits per heavy atom. The number of fused-ring (bicyclic) bond motifs is 2. The summed E-state index contributed by atoms with van der Waals surface area (Å²) in [5.41, 5.74) is 2.45. The van der Waals surface area contributed by atoms with Crippen molar-refractivity contribution in [3.8, 4) is 0 Å². The van der Waals surface area contributed by atoms with Crippen molar-refractivity contribution in [1.29, 1.82) is 0 Å². The van der Waals surface area contributed by atoms with E-state index < -0.39 is 0 Å². The third-order valence-electron chi connectivity index (χ3n) is 4.76. The highest BCUT2D eigenvalue weighted by Crippen LogP contribution is 2.18. The van der Waals surface area contributed by atoms with Crippen LogP contribution in [0.5, 0.6) is 0 Å². The Kier molecular flexibility index (Phi) is 3.63. The molecule has 0 spiro atoms. The molecule has 0 unspecified atom stereocenters. The van der Waals surface area contributed by atoms with Gasteiger partial charge in [0.2, 0.25) is 5.43 Å². The van der Waals surface area contributed by atoms with Gasteiger partial charge in [-0.05, 0) is 19.1 Å². The van der Waals surface area contributed by atoms with Gasteiger partial charge in [0.1, 0.15) is 0 Å². The maximum absolute atomic E-state index is 13.0. The van der Waals surface area contributed by atoms with Crippen LogP contribution < -0.4 is 5.43 Å². The number of aryl methyl sites for hydroxylation is 2. The lowest BCUT2D eigenvalue weighted by molar-refractivity contribution is 0.0721. The number of carbonyl (C=O) groups excluding carboxylic acids is 1. The first-order valence-electron chi connectivity index (χ1n) is 8.38. The number of carbonyl (C=O) groups is 1. The molecule has 0 radical (unpaired) electrons. The Labute approximate surface area is 144 Å². The Balaban J connectivity index is 1.76. The summed E-state index contributed by atoms with van der Waals surface area (Å²) < 4.78 is 3.69. The van der Waals surface area contributed by atoms with Gasteiger partial charge in [-0.3, -0.25) is 14.3 Å². The van der Waals surface area contributed by atoms with Crippen LogP contribution in [0, 0.1) is 0 Å². The van der Waals surface area contributed by atoms with Crippen molar-refractivity contribution in [2.45, 2.75) is 26.4 Å². The molecule has 128 valence electrons. The van der Waals surface area contributed by atoms with E-state index >= 15 is 0 Å². The first-order valence-corrected chi connectivity index (χ1v) is 8.38. The summed E-state index contributed by atoms with van der Waals surface area (Å²) in [5.74, 6) is -0.325. The second-order valence-corrected chi connectivity index (χ2v) is 6.24. The van der Waals surface area contributed by atoms with Gasteiger partial charge in [-0.1, -0.05) is 12.1 Å². The fraction of sp³-hybridized carbons (Fsp3) is 0.333. The van der Waals surface area contributed by atoms with E-state index in [4.69, 9.17) is 0 Å². The highest BCUT2D eigenvalue weighted by Gasteiger charge is 2.27. The number of amides is 1. The number of hydrogen-bond acceptors (Lipinski definition) is 4. The SMILES string of the molecule is CCn1nc(C(=O)N2CCc3c(ncn3C)C2)c(=O)c2ccccc21. The van der Waals surface area contributed by atoms with Crippen LogP contribution in [-0.2, 0) is 26.6 Å². The molecule has 25 heavy (non-hydrogen) atoms. The van der Waals surface area contributed by atoms with Crippen molar-refractivity contribution in [3.05, 3.63) is 57.9 Å². The van der Waals surface area contributed by atoms with Gasteiger partial charge in [0.15, 0.2) is 5.69 Å². The van der Waals surface area contributed by atoms with Gasteiger partial charge in [0.05, 0.1) is 24.1 Å². The van der Waals surface area contributed by atoms with Gasteiger partial charge in [-0.15, -0.1) is 0 Å². The van der Waals surface area contributed by atoms with Gasteiger partial charge >= 0.3 is 0 Å². The molecule has 0 fully saturated rings. The average molecular weight is 337 g/mol. The van der Waals surface area contributed by atoms with Crippen molar-refractivity contribution < 1.29 is 4.79 Å². The number of rotatable bonds is 2. The van der Waals surface area contributed by atoms with Gasteiger partial charge < -0.3 is 9.47 Å². The second kappa shape index (κ2) is 5.84. The van der Waals surface area contributed by atoms with Crippen molar-refractivity contribution in [2.75, 3.05) is 6.54 Å². The molecule has 1 aromatic carbocycles. The molecule has 0 N–H and O–H groups in total. The van der Waals surface area contributed by atoms with E-state index in [1.54, 1.807) is 28.0 Å². The molecule has 0 aliphatic carbocycles. The van der Waals surface area contributed by atoms with E-state index in [-0.39, 0.29) is 17.0 Å². The number of benzene rings is 1. The molecule has 0 saturated heterocycles. The molecule has 7 nitrogen and oxygen atoms in total. The standard InChI is InChI=1S/C18H19N5O2/c1-3-23-14-7-5-4-6-12(14)17(24)16(20-23)18(25)22-9-8-15-13(10-22)19-11-21(15)2/h4-7,11H,3,8-10H2,1-2H3. The summed E-state index contributed by atoms with van der Waals surface area (Å²) in [6.07, 6.45) is 2.49. The van der Waals surface area contributed by atoms with Crippen molar-refractivity contribution in [2.24, 2.45) is 7.05 Å². The number of para-hydroxylation sites is 1. The molecular weight excluding hydrogens is 318 g/mol. The van der Waals surface area contributed by atoms with Gasteiger partial charge in [-0.25, -0.2) is 4.98 Å². The fourth-order valence-corrected chi connectivity index (χ4v) is 3.40. The van der Waals surface area contributed by atoms with E-state index in [1.165, 1.54) is 0 Å². The first kappa shape index (κ1) is 15.6. The molecule has 1 aliphatic rings. The normalized spacial score (nSPS) is 13.9. The number of hydrogen-bond donors (Lipinski definition) is 0. The third kappa shape index (κ3) is 2.43. The van der Waals surface area contributed by atoms with E-state index in [1.807, 2.05) is 30.7 Å². The predicted octanol–water partition coefficient (Wildman–Crippen LogP) is 1.35. The molecule has 7 heteroatoms. The van der Waals surface area contributed by atoms with Crippen LogP contribution >= 0.6 is 0 Å². The third-order valence-corrected chi connectivity index (χ3v) is 4.76.